The van der Waals surface area contributed by atoms with Gasteiger partial charge in [0.15, 0.2) is 5.78 Å². The molecule has 0 bridgehead atoms. The van der Waals surface area contributed by atoms with Crippen LogP contribution in [0.5, 0.6) is 0 Å². The number of carbonyl (C=O) groups is 2. The number of unbranched alkanes of at least 4 members (excludes halogenated alkanes) is 1. The molecule has 0 radical (unpaired) electrons. The molecule has 1 aromatic rings. The minimum Gasteiger partial charge on any atom is -0.370 e. The molecular weight excluding hydrogens is 283 g/mol. The van der Waals surface area contributed by atoms with Crippen LogP contribution in [0.2, 0.25) is 0 Å². The van der Waals surface area contributed by atoms with Gasteiger partial charge in [0, 0.05) is 12.8 Å². The lowest BCUT2D eigenvalue weighted by Crippen LogP contribution is -2.09. The summed E-state index contributed by atoms with van der Waals surface area (Å²) in [4.78, 5) is 22.0. The van der Waals surface area contributed by atoms with E-state index in [9.17, 15) is 22.8 Å². The molecule has 0 atom stereocenters. The summed E-state index contributed by atoms with van der Waals surface area (Å²) < 4.78 is 37.1. The molecule has 0 saturated heterocycles. The van der Waals surface area contributed by atoms with E-state index < -0.39 is 17.6 Å². The van der Waals surface area contributed by atoms with Crippen LogP contribution in [0.25, 0.3) is 6.08 Å². The van der Waals surface area contributed by atoms with Crippen LogP contribution in [0.15, 0.2) is 30.3 Å². The average molecular weight is 299 g/mol. The van der Waals surface area contributed by atoms with Crippen molar-refractivity contribution in [2.75, 3.05) is 0 Å². The molecule has 0 aliphatic rings. The van der Waals surface area contributed by atoms with Gasteiger partial charge in [0.25, 0.3) is 0 Å². The zero-order valence-electron chi connectivity index (χ0n) is 11.3. The van der Waals surface area contributed by atoms with E-state index in [1.807, 2.05) is 0 Å². The SMILES string of the molecule is NC(=O)CCCCC(=O)C=Cc1ccc(C(F)(F)F)cc1. The van der Waals surface area contributed by atoms with Crippen molar-refractivity contribution >= 4 is 17.8 Å². The summed E-state index contributed by atoms with van der Waals surface area (Å²) in [6.45, 7) is 0. The Morgan fingerprint density at radius 1 is 1.05 bits per heavy atom. The van der Waals surface area contributed by atoms with Crippen LogP contribution >= 0.6 is 0 Å². The number of rotatable bonds is 7. The van der Waals surface area contributed by atoms with Crippen LogP contribution in [0.3, 0.4) is 0 Å². The lowest BCUT2D eigenvalue weighted by atomic mass is 10.1. The number of nitrogens with two attached hydrogens (primary N) is 1. The number of amides is 1. The van der Waals surface area contributed by atoms with E-state index in [0.29, 0.717) is 18.4 Å². The van der Waals surface area contributed by atoms with Crippen LogP contribution < -0.4 is 5.73 Å². The zero-order valence-corrected chi connectivity index (χ0v) is 11.3. The highest BCUT2D eigenvalue weighted by Gasteiger charge is 2.29. The number of alkyl halides is 3. The Hall–Kier alpha value is -2.11. The Balaban J connectivity index is 2.45. The smallest absolute Gasteiger partial charge is 0.370 e. The van der Waals surface area contributed by atoms with E-state index in [1.165, 1.54) is 24.3 Å². The fraction of sp³-hybridized carbons (Fsp3) is 0.333. The van der Waals surface area contributed by atoms with Crippen molar-refractivity contribution in [3.8, 4) is 0 Å². The third-order valence-corrected chi connectivity index (χ3v) is 2.80. The van der Waals surface area contributed by atoms with Crippen molar-refractivity contribution in [3.05, 3.63) is 41.5 Å². The molecule has 6 heteroatoms. The number of carbonyl (C=O) groups excluding carboxylic acids is 2. The molecule has 1 amide bonds. The normalized spacial score (nSPS) is 11.8. The van der Waals surface area contributed by atoms with E-state index in [0.717, 1.165) is 12.1 Å². The van der Waals surface area contributed by atoms with E-state index >= 15 is 0 Å². The number of primary amides is 1. The first kappa shape index (κ1) is 16.9. The molecule has 0 saturated carbocycles. The maximum atomic E-state index is 12.4. The predicted molar refractivity (Wildman–Crippen MR) is 73.1 cm³/mol. The van der Waals surface area contributed by atoms with Gasteiger partial charge in [0.05, 0.1) is 5.56 Å². The zero-order chi connectivity index (χ0) is 15.9. The quantitative estimate of drug-likeness (QED) is 0.620. The summed E-state index contributed by atoms with van der Waals surface area (Å²) in [5, 5.41) is 0. The summed E-state index contributed by atoms with van der Waals surface area (Å²) >= 11 is 0. The first-order valence-electron chi connectivity index (χ1n) is 6.45. The van der Waals surface area contributed by atoms with E-state index in [1.54, 1.807) is 0 Å². The fourth-order valence-corrected chi connectivity index (χ4v) is 1.65. The lowest BCUT2D eigenvalue weighted by Gasteiger charge is -2.05. The van der Waals surface area contributed by atoms with E-state index in [2.05, 4.69) is 0 Å². The summed E-state index contributed by atoms with van der Waals surface area (Å²) in [7, 11) is 0. The minimum absolute atomic E-state index is 0.139. The number of hydrogen-bond donors (Lipinski definition) is 1. The highest BCUT2D eigenvalue weighted by Crippen LogP contribution is 2.29. The molecule has 0 heterocycles. The van der Waals surface area contributed by atoms with Gasteiger partial charge in [-0.1, -0.05) is 18.2 Å². The van der Waals surface area contributed by atoms with Crippen molar-refractivity contribution in [2.45, 2.75) is 31.9 Å². The van der Waals surface area contributed by atoms with Crippen molar-refractivity contribution in [1.29, 1.82) is 0 Å². The predicted octanol–water partition coefficient (Wildman–Crippen LogP) is 3.33. The fourth-order valence-electron chi connectivity index (χ4n) is 1.65. The molecule has 0 aliphatic heterocycles. The highest BCUT2D eigenvalue weighted by atomic mass is 19.4. The second-order valence-corrected chi connectivity index (χ2v) is 4.59. The van der Waals surface area contributed by atoms with Gasteiger partial charge in [-0.25, -0.2) is 0 Å². The Morgan fingerprint density at radius 3 is 2.14 bits per heavy atom. The highest BCUT2D eigenvalue weighted by molar-refractivity contribution is 5.93. The minimum atomic E-state index is -4.36. The maximum Gasteiger partial charge on any atom is 0.416 e. The lowest BCUT2D eigenvalue weighted by molar-refractivity contribution is -0.137. The van der Waals surface area contributed by atoms with Gasteiger partial charge in [-0.15, -0.1) is 0 Å². The van der Waals surface area contributed by atoms with Crippen LogP contribution in [-0.4, -0.2) is 11.7 Å². The topological polar surface area (TPSA) is 60.2 Å². The molecule has 0 aliphatic carbocycles. The van der Waals surface area contributed by atoms with Crippen LogP contribution in [0.4, 0.5) is 13.2 Å². The number of benzene rings is 1. The second kappa shape index (κ2) is 7.61. The van der Waals surface area contributed by atoms with Crippen LogP contribution in [0.1, 0.15) is 36.8 Å². The summed E-state index contributed by atoms with van der Waals surface area (Å²) in [6, 6.07) is 4.55. The Bertz CT molecular complexity index is 519. The average Bonchev–Trinajstić information content (AvgIpc) is 2.40. The Labute approximate surface area is 120 Å². The molecule has 0 fully saturated rings. The number of ketones is 1. The van der Waals surface area contributed by atoms with Crippen molar-refractivity contribution in [3.63, 3.8) is 0 Å². The molecule has 0 unspecified atom stereocenters. The van der Waals surface area contributed by atoms with Gasteiger partial charge in [0.2, 0.25) is 5.91 Å². The summed E-state index contributed by atoms with van der Waals surface area (Å²) in [5.74, 6) is -0.540. The summed E-state index contributed by atoms with van der Waals surface area (Å²) in [5.41, 5.74) is 4.77. The molecule has 0 spiro atoms. The molecule has 114 valence electrons. The van der Waals surface area contributed by atoms with Crippen LogP contribution in [-0.2, 0) is 15.8 Å². The molecular formula is C15H16F3NO2. The molecule has 3 nitrogen and oxygen atoms in total. The second-order valence-electron chi connectivity index (χ2n) is 4.59. The van der Waals surface area contributed by atoms with Crippen molar-refractivity contribution < 1.29 is 22.8 Å². The third-order valence-electron chi connectivity index (χ3n) is 2.80. The van der Waals surface area contributed by atoms with Gasteiger partial charge in [-0.3, -0.25) is 9.59 Å². The molecule has 0 aromatic heterocycles. The van der Waals surface area contributed by atoms with Crippen molar-refractivity contribution in [2.24, 2.45) is 5.73 Å². The molecule has 21 heavy (non-hydrogen) atoms. The van der Waals surface area contributed by atoms with E-state index in [4.69, 9.17) is 5.73 Å². The van der Waals surface area contributed by atoms with E-state index in [-0.39, 0.29) is 18.6 Å². The van der Waals surface area contributed by atoms with Crippen LogP contribution in [0, 0.1) is 0 Å². The summed E-state index contributed by atoms with van der Waals surface area (Å²) in [6.07, 6.45) is 0.0660. The first-order chi connectivity index (χ1) is 9.79. The molecule has 2 N–H and O–H groups in total. The monoisotopic (exact) mass is 299 g/mol. The van der Waals surface area contributed by atoms with Gasteiger partial charge in [0.1, 0.15) is 0 Å². The van der Waals surface area contributed by atoms with Gasteiger partial charge < -0.3 is 5.73 Å². The Morgan fingerprint density at radius 2 is 1.62 bits per heavy atom. The van der Waals surface area contributed by atoms with Gasteiger partial charge >= 0.3 is 6.18 Å². The van der Waals surface area contributed by atoms with Gasteiger partial charge in [-0.2, -0.15) is 13.2 Å². The number of halogens is 3. The number of hydrogen-bond acceptors (Lipinski definition) is 2. The number of allylic oxidation sites excluding steroid dienone is 1. The molecule has 1 rings (SSSR count). The van der Waals surface area contributed by atoms with Gasteiger partial charge in [-0.05, 0) is 36.6 Å². The van der Waals surface area contributed by atoms with Crippen molar-refractivity contribution in [1.82, 2.24) is 0 Å². The Kier molecular flexibility index (Phi) is 6.14. The maximum absolute atomic E-state index is 12.4. The third kappa shape index (κ3) is 6.74. The first-order valence-corrected chi connectivity index (χ1v) is 6.45. The molecule has 1 aromatic carbocycles. The standard InChI is InChI=1S/C15H16F3NO2/c16-15(17,18)12-8-5-11(6-9-12)7-10-13(20)3-1-2-4-14(19)21/h5-10H,1-4H2,(H2,19,21). The largest absolute Gasteiger partial charge is 0.416 e.